The van der Waals surface area contributed by atoms with Crippen molar-refractivity contribution in [1.29, 1.82) is 0 Å². The van der Waals surface area contributed by atoms with E-state index in [4.69, 9.17) is 0 Å². The van der Waals surface area contributed by atoms with Crippen LogP contribution in [0, 0.1) is 0 Å². The number of carbonyl (C=O) groups is 3. The molecule has 0 saturated carbocycles. The molecule has 33 heavy (non-hydrogen) atoms. The molecule has 1 aliphatic heterocycles. The van der Waals surface area contributed by atoms with Gasteiger partial charge in [-0.1, -0.05) is 26.5 Å². The summed E-state index contributed by atoms with van der Waals surface area (Å²) >= 11 is 4.60. The Hall–Kier alpha value is -2.10. The van der Waals surface area contributed by atoms with Gasteiger partial charge in [-0.15, -0.1) is 11.3 Å². The van der Waals surface area contributed by atoms with Gasteiger partial charge < -0.3 is 20.3 Å². The average Bonchev–Trinajstić information content (AvgIpc) is 3.45. The van der Waals surface area contributed by atoms with Crippen molar-refractivity contribution in [1.82, 2.24) is 15.5 Å². The molecule has 1 fully saturated rings. The molecule has 0 aliphatic carbocycles. The summed E-state index contributed by atoms with van der Waals surface area (Å²) in [6.45, 7) is 13.3. The lowest BCUT2D eigenvalue weighted by Gasteiger charge is -2.17. The lowest BCUT2D eigenvalue weighted by Crippen LogP contribution is -2.44. The summed E-state index contributed by atoms with van der Waals surface area (Å²) in [6.07, 6.45) is 7.61. The van der Waals surface area contributed by atoms with Crippen LogP contribution in [0.15, 0.2) is 52.3 Å². The third kappa shape index (κ3) is 17.1. The zero-order valence-corrected chi connectivity index (χ0v) is 22.8. The zero-order chi connectivity index (χ0) is 25.9. The van der Waals surface area contributed by atoms with E-state index in [0.717, 1.165) is 16.1 Å². The van der Waals surface area contributed by atoms with Gasteiger partial charge in [0, 0.05) is 18.8 Å². The van der Waals surface area contributed by atoms with E-state index in [0.29, 0.717) is 17.4 Å². The molecule has 1 aliphatic rings. The minimum Gasteiger partial charge on any atom is -0.392 e. The van der Waals surface area contributed by atoms with Crippen molar-refractivity contribution in [2.24, 2.45) is 0 Å². The Morgan fingerprint density at radius 1 is 1.24 bits per heavy atom. The first-order valence-electron chi connectivity index (χ1n) is 10.6. The molecule has 9 heteroatoms. The lowest BCUT2D eigenvalue weighted by atomic mass is 10.1. The van der Waals surface area contributed by atoms with Crippen molar-refractivity contribution >= 4 is 45.7 Å². The molecule has 2 N–H and O–H groups in total. The second kappa shape index (κ2) is 19.4. The minimum absolute atomic E-state index is 0.217. The van der Waals surface area contributed by atoms with Gasteiger partial charge in [0.1, 0.15) is 18.4 Å². The monoisotopic (exact) mass is 545 g/mol. The molecular formula is C24H37BrFN3O3S. The van der Waals surface area contributed by atoms with Crippen LogP contribution in [0.1, 0.15) is 50.2 Å². The molecule has 1 aromatic rings. The number of hydrogen-bond acceptors (Lipinski definition) is 6. The maximum atomic E-state index is 12.5. The van der Waals surface area contributed by atoms with Gasteiger partial charge in [0.05, 0.1) is 14.2 Å². The van der Waals surface area contributed by atoms with Gasteiger partial charge in [0.2, 0.25) is 0 Å². The molecule has 1 amide bonds. The third-order valence-electron chi connectivity index (χ3n) is 3.82. The molecule has 0 bridgehead atoms. The molecule has 2 heterocycles. The Kier molecular flexibility index (Phi) is 19.4. The van der Waals surface area contributed by atoms with E-state index >= 15 is 0 Å². The first-order chi connectivity index (χ1) is 15.6. The number of thiophene rings is 1. The van der Waals surface area contributed by atoms with E-state index in [-0.39, 0.29) is 11.5 Å². The van der Waals surface area contributed by atoms with Crippen LogP contribution in [0.25, 0.3) is 0 Å². The van der Waals surface area contributed by atoms with Gasteiger partial charge >= 0.3 is 0 Å². The maximum Gasteiger partial charge on any atom is 0.262 e. The van der Waals surface area contributed by atoms with E-state index < -0.39 is 11.4 Å². The van der Waals surface area contributed by atoms with Crippen molar-refractivity contribution < 1.29 is 18.8 Å². The zero-order valence-electron chi connectivity index (χ0n) is 20.4. The highest BCUT2D eigenvalue weighted by atomic mass is 79.9. The van der Waals surface area contributed by atoms with Crippen LogP contribution >= 0.6 is 27.3 Å². The Bertz CT molecular complexity index is 776. The Labute approximate surface area is 210 Å². The Balaban J connectivity index is 0. The van der Waals surface area contributed by atoms with E-state index in [9.17, 15) is 18.8 Å². The first-order valence-corrected chi connectivity index (χ1v) is 12.2. The van der Waals surface area contributed by atoms with Crippen LogP contribution in [0.2, 0.25) is 0 Å². The molecule has 0 unspecified atom stereocenters. The molecule has 2 rings (SSSR count). The maximum absolute atomic E-state index is 12.5. The topological polar surface area (TPSA) is 78.5 Å². The number of likely N-dealkylation sites (tertiary alicyclic amines) is 1. The normalized spacial score (nSPS) is 13.7. The molecule has 1 aromatic heterocycles. The standard InChI is InChI=1S/C9H10BrNO2S.C8H10FNO.C5H11N.C2H6/c1-9(2,5-12)11-8(13)6-3-4-7(10)14-6;1-3-7(6-11)4-8(9)5-10-2;1-6-4-2-3-5-6;1-2/h3-5H,1-2H3,(H,11,13);3-6,10H,1H2,2H3;2-5H2,1H3;1-2H3/b;7-4+,8-5-;;. The number of nitrogens with one attached hydrogen (secondary N) is 2. The van der Waals surface area contributed by atoms with Gasteiger partial charge in [-0.3, -0.25) is 9.59 Å². The first kappa shape index (κ1) is 33.1. The molecular weight excluding hydrogens is 509 g/mol. The molecule has 186 valence electrons. The molecule has 6 nitrogen and oxygen atoms in total. The molecule has 0 radical (unpaired) electrons. The number of carbonyl (C=O) groups excluding carboxylic acids is 3. The SMILES string of the molecule is C=C/C(C=O)=C\C(F)=C\NC.CC.CC(C)(C=O)NC(=O)c1ccc(Br)s1.CN1CCCC1. The summed E-state index contributed by atoms with van der Waals surface area (Å²) in [6, 6.07) is 3.51. The fraction of sp³-hybridized carbons (Fsp3) is 0.458. The summed E-state index contributed by atoms with van der Waals surface area (Å²) in [7, 11) is 3.74. The molecule has 0 aromatic carbocycles. The van der Waals surface area contributed by atoms with Crippen molar-refractivity contribution in [3.63, 3.8) is 0 Å². The van der Waals surface area contributed by atoms with Gasteiger partial charge in [-0.05, 0) is 81.0 Å². The van der Waals surface area contributed by atoms with E-state index in [1.54, 1.807) is 33.0 Å². The Morgan fingerprint density at radius 2 is 1.82 bits per heavy atom. The van der Waals surface area contributed by atoms with Crippen LogP contribution in [0.3, 0.4) is 0 Å². The van der Waals surface area contributed by atoms with Gasteiger partial charge in [-0.25, -0.2) is 4.39 Å². The summed E-state index contributed by atoms with van der Waals surface area (Å²) in [5.41, 5.74) is -0.595. The largest absolute Gasteiger partial charge is 0.392 e. The Morgan fingerprint density at radius 3 is 2.15 bits per heavy atom. The smallest absolute Gasteiger partial charge is 0.262 e. The summed E-state index contributed by atoms with van der Waals surface area (Å²) in [4.78, 5) is 35.2. The highest BCUT2D eigenvalue weighted by molar-refractivity contribution is 9.11. The van der Waals surface area contributed by atoms with E-state index in [2.05, 4.69) is 45.1 Å². The van der Waals surface area contributed by atoms with Crippen LogP contribution in [0.4, 0.5) is 4.39 Å². The number of aldehydes is 2. The van der Waals surface area contributed by atoms with Crippen molar-refractivity contribution in [3.8, 4) is 0 Å². The highest BCUT2D eigenvalue weighted by Crippen LogP contribution is 2.22. The predicted molar refractivity (Wildman–Crippen MR) is 140 cm³/mol. The fourth-order valence-electron chi connectivity index (χ4n) is 2.18. The van der Waals surface area contributed by atoms with Crippen LogP contribution in [-0.2, 0) is 9.59 Å². The second-order valence-electron chi connectivity index (χ2n) is 7.19. The number of amides is 1. The van der Waals surface area contributed by atoms with Gasteiger partial charge in [0.15, 0.2) is 0 Å². The van der Waals surface area contributed by atoms with E-state index in [1.807, 2.05) is 13.8 Å². The van der Waals surface area contributed by atoms with E-state index in [1.165, 1.54) is 43.3 Å². The molecule has 0 spiro atoms. The number of nitrogens with zero attached hydrogens (tertiary/aromatic N) is 1. The van der Waals surface area contributed by atoms with Gasteiger partial charge in [-0.2, -0.15) is 0 Å². The average molecular weight is 547 g/mol. The molecule has 1 saturated heterocycles. The number of allylic oxidation sites excluding steroid dienone is 4. The minimum atomic E-state index is -0.812. The van der Waals surface area contributed by atoms with Crippen molar-refractivity contribution in [2.45, 2.75) is 46.1 Å². The summed E-state index contributed by atoms with van der Waals surface area (Å²) in [5.74, 6) is -0.729. The number of hydrogen-bond donors (Lipinski definition) is 2. The highest BCUT2D eigenvalue weighted by Gasteiger charge is 2.20. The number of rotatable bonds is 7. The van der Waals surface area contributed by atoms with Crippen LogP contribution < -0.4 is 10.6 Å². The fourth-order valence-corrected chi connectivity index (χ4v) is 3.46. The van der Waals surface area contributed by atoms with Crippen molar-refractivity contribution in [3.05, 3.63) is 57.1 Å². The van der Waals surface area contributed by atoms with Gasteiger partial charge in [0.25, 0.3) is 5.91 Å². The number of halogens is 2. The van der Waals surface area contributed by atoms with Crippen LogP contribution in [-0.4, -0.2) is 56.1 Å². The molecule has 0 atom stereocenters. The second-order valence-corrected chi connectivity index (χ2v) is 9.66. The van der Waals surface area contributed by atoms with Crippen molar-refractivity contribution in [2.75, 3.05) is 27.2 Å². The van der Waals surface area contributed by atoms with Crippen LogP contribution in [0.5, 0.6) is 0 Å². The summed E-state index contributed by atoms with van der Waals surface area (Å²) < 4.78 is 13.4. The quantitative estimate of drug-likeness (QED) is 0.276. The lowest BCUT2D eigenvalue weighted by molar-refractivity contribution is -0.112. The summed E-state index contributed by atoms with van der Waals surface area (Å²) in [5, 5.41) is 5.11. The third-order valence-corrected chi connectivity index (χ3v) is 5.44. The predicted octanol–water partition coefficient (Wildman–Crippen LogP) is 5.28.